The van der Waals surface area contributed by atoms with E-state index in [0.717, 1.165) is 32.1 Å². The van der Waals surface area contributed by atoms with E-state index >= 15 is 0 Å². The van der Waals surface area contributed by atoms with Crippen molar-refractivity contribution in [2.75, 3.05) is 12.4 Å². The number of anilines is 1. The lowest BCUT2D eigenvalue weighted by molar-refractivity contribution is 0.641. The van der Waals surface area contributed by atoms with Gasteiger partial charge in [0.15, 0.2) is 10.8 Å². The standard InChI is InChI=1S/C13H16N6S2/c1-7-9(11(14-2)21-18-7)12-17-19-10(8-5-3-4-6-8)15-16-13(19)20-12/h8,14H,3-6H2,1-2H3. The summed E-state index contributed by atoms with van der Waals surface area (Å²) in [5.74, 6) is 1.54. The van der Waals surface area contributed by atoms with Crippen LogP contribution in [0.5, 0.6) is 0 Å². The third-order valence-electron chi connectivity index (χ3n) is 4.04. The zero-order chi connectivity index (χ0) is 14.4. The van der Waals surface area contributed by atoms with Crippen LogP contribution in [0.4, 0.5) is 5.00 Å². The topological polar surface area (TPSA) is 68.0 Å². The van der Waals surface area contributed by atoms with Crippen molar-refractivity contribution < 1.29 is 0 Å². The predicted octanol–water partition coefficient (Wildman–Crippen LogP) is 3.32. The molecule has 0 spiro atoms. The van der Waals surface area contributed by atoms with Crippen molar-refractivity contribution in [3.63, 3.8) is 0 Å². The highest BCUT2D eigenvalue weighted by atomic mass is 32.1. The lowest BCUT2D eigenvalue weighted by Gasteiger charge is -2.03. The first-order valence-corrected chi connectivity index (χ1v) is 8.73. The van der Waals surface area contributed by atoms with Crippen molar-refractivity contribution in [3.8, 4) is 10.6 Å². The number of rotatable bonds is 3. The summed E-state index contributed by atoms with van der Waals surface area (Å²) in [6.45, 7) is 2.02. The minimum atomic E-state index is 0.514. The van der Waals surface area contributed by atoms with Crippen molar-refractivity contribution in [2.24, 2.45) is 0 Å². The molecule has 1 aliphatic carbocycles. The molecule has 110 valence electrons. The molecule has 6 nitrogen and oxygen atoms in total. The van der Waals surface area contributed by atoms with E-state index in [1.54, 1.807) is 11.3 Å². The quantitative estimate of drug-likeness (QED) is 0.802. The minimum absolute atomic E-state index is 0.514. The molecule has 0 unspecified atom stereocenters. The molecule has 3 aromatic rings. The Morgan fingerprint density at radius 3 is 2.81 bits per heavy atom. The average molecular weight is 320 g/mol. The summed E-state index contributed by atoms with van der Waals surface area (Å²) in [6, 6.07) is 0. The Bertz CT molecular complexity index is 780. The molecule has 4 rings (SSSR count). The van der Waals surface area contributed by atoms with Gasteiger partial charge in [-0.2, -0.15) is 14.0 Å². The molecule has 0 radical (unpaired) electrons. The summed E-state index contributed by atoms with van der Waals surface area (Å²) < 4.78 is 6.36. The fourth-order valence-corrected chi connectivity index (χ4v) is 4.72. The van der Waals surface area contributed by atoms with E-state index in [1.807, 2.05) is 18.5 Å². The van der Waals surface area contributed by atoms with Crippen molar-refractivity contribution in [2.45, 2.75) is 38.5 Å². The maximum Gasteiger partial charge on any atom is 0.234 e. The van der Waals surface area contributed by atoms with Crippen LogP contribution < -0.4 is 5.32 Å². The molecule has 0 aromatic carbocycles. The molecular formula is C13H16N6S2. The summed E-state index contributed by atoms with van der Waals surface area (Å²) in [5, 5.41) is 18.7. The van der Waals surface area contributed by atoms with Crippen LogP contribution >= 0.6 is 22.9 Å². The van der Waals surface area contributed by atoms with E-state index in [-0.39, 0.29) is 0 Å². The summed E-state index contributed by atoms with van der Waals surface area (Å²) in [6.07, 6.45) is 4.98. The van der Waals surface area contributed by atoms with Crippen molar-refractivity contribution in [3.05, 3.63) is 11.5 Å². The number of fused-ring (bicyclic) bond motifs is 1. The van der Waals surface area contributed by atoms with E-state index < -0.39 is 0 Å². The van der Waals surface area contributed by atoms with Crippen LogP contribution in [0.2, 0.25) is 0 Å². The fourth-order valence-electron chi connectivity index (χ4n) is 2.96. The highest BCUT2D eigenvalue weighted by Crippen LogP contribution is 2.38. The number of aromatic nitrogens is 5. The van der Waals surface area contributed by atoms with Crippen molar-refractivity contribution >= 4 is 32.8 Å². The van der Waals surface area contributed by atoms with Crippen LogP contribution in [0.15, 0.2) is 0 Å². The van der Waals surface area contributed by atoms with Crippen LogP contribution in [0.3, 0.4) is 0 Å². The molecule has 0 aliphatic heterocycles. The Labute approximate surface area is 130 Å². The van der Waals surface area contributed by atoms with E-state index in [9.17, 15) is 0 Å². The van der Waals surface area contributed by atoms with E-state index in [1.165, 1.54) is 37.2 Å². The van der Waals surface area contributed by atoms with Crippen molar-refractivity contribution in [1.29, 1.82) is 0 Å². The summed E-state index contributed by atoms with van der Waals surface area (Å²) in [5.41, 5.74) is 2.10. The molecule has 1 saturated carbocycles. The Balaban J connectivity index is 1.82. The summed E-state index contributed by atoms with van der Waals surface area (Å²) in [7, 11) is 1.92. The normalized spacial score (nSPS) is 16.1. The first kappa shape index (κ1) is 13.1. The lowest BCUT2D eigenvalue weighted by Crippen LogP contribution is -2.01. The number of aryl methyl sites for hydroxylation is 1. The largest absolute Gasteiger partial charge is 0.378 e. The fraction of sp³-hybridized carbons (Fsp3) is 0.538. The van der Waals surface area contributed by atoms with Gasteiger partial charge in [0.1, 0.15) is 5.00 Å². The van der Waals surface area contributed by atoms with Crippen LogP contribution in [0, 0.1) is 6.92 Å². The first-order chi connectivity index (χ1) is 10.3. The SMILES string of the molecule is CNc1snc(C)c1-c1nn2c(C3CCCC3)nnc2s1. The number of hydrogen-bond acceptors (Lipinski definition) is 7. The molecule has 8 heteroatoms. The molecule has 3 aromatic heterocycles. The van der Waals surface area contributed by atoms with Gasteiger partial charge < -0.3 is 5.32 Å². The maximum absolute atomic E-state index is 4.77. The molecule has 1 fully saturated rings. The van der Waals surface area contributed by atoms with Crippen LogP contribution in [0.1, 0.15) is 43.1 Å². The van der Waals surface area contributed by atoms with Gasteiger partial charge in [-0.1, -0.05) is 24.2 Å². The highest BCUT2D eigenvalue weighted by Gasteiger charge is 2.25. The highest BCUT2D eigenvalue weighted by molar-refractivity contribution is 7.20. The Kier molecular flexibility index (Phi) is 3.15. The molecule has 0 atom stereocenters. The molecule has 3 heterocycles. The summed E-state index contributed by atoms with van der Waals surface area (Å²) in [4.78, 5) is 0.875. The lowest BCUT2D eigenvalue weighted by atomic mass is 10.1. The summed E-state index contributed by atoms with van der Waals surface area (Å²) >= 11 is 3.06. The molecule has 0 saturated heterocycles. The third kappa shape index (κ3) is 2.04. The monoisotopic (exact) mass is 320 g/mol. The van der Waals surface area contributed by atoms with Gasteiger partial charge in [-0.15, -0.1) is 10.2 Å². The first-order valence-electron chi connectivity index (χ1n) is 7.14. The molecule has 0 amide bonds. The number of hydrogen-bond donors (Lipinski definition) is 1. The van der Waals surface area contributed by atoms with E-state index in [2.05, 4.69) is 19.9 Å². The average Bonchev–Trinajstić information content (AvgIpc) is 3.20. The Hall–Kier alpha value is -1.54. The van der Waals surface area contributed by atoms with Gasteiger partial charge in [-0.05, 0) is 31.3 Å². The molecule has 1 N–H and O–H groups in total. The molecule has 1 aliphatic rings. The van der Waals surface area contributed by atoms with Crippen molar-refractivity contribution in [1.82, 2.24) is 24.2 Å². The van der Waals surface area contributed by atoms with Gasteiger partial charge in [0, 0.05) is 13.0 Å². The smallest absolute Gasteiger partial charge is 0.234 e. The Morgan fingerprint density at radius 1 is 1.24 bits per heavy atom. The second-order valence-corrected chi connectivity index (χ2v) is 7.09. The van der Waals surface area contributed by atoms with Gasteiger partial charge >= 0.3 is 0 Å². The van der Waals surface area contributed by atoms with Crippen LogP contribution in [-0.2, 0) is 0 Å². The van der Waals surface area contributed by atoms with Gasteiger partial charge in [0.2, 0.25) is 4.96 Å². The van der Waals surface area contributed by atoms with Gasteiger partial charge in [-0.3, -0.25) is 0 Å². The number of nitrogens with one attached hydrogen (secondary N) is 1. The Morgan fingerprint density at radius 2 is 2.05 bits per heavy atom. The number of nitrogens with zero attached hydrogens (tertiary/aromatic N) is 5. The van der Waals surface area contributed by atoms with E-state index in [4.69, 9.17) is 5.10 Å². The molecule has 0 bridgehead atoms. The zero-order valence-corrected chi connectivity index (χ0v) is 13.6. The van der Waals surface area contributed by atoms with Crippen LogP contribution in [-0.4, -0.2) is 31.2 Å². The van der Waals surface area contributed by atoms with Gasteiger partial charge in [0.25, 0.3) is 0 Å². The molecular weight excluding hydrogens is 304 g/mol. The second kappa shape index (κ2) is 5.03. The third-order valence-corrected chi connectivity index (χ3v) is 5.91. The van der Waals surface area contributed by atoms with Crippen LogP contribution in [0.25, 0.3) is 15.5 Å². The van der Waals surface area contributed by atoms with E-state index in [0.29, 0.717) is 5.92 Å². The zero-order valence-electron chi connectivity index (χ0n) is 12.0. The second-order valence-electron chi connectivity index (χ2n) is 5.36. The maximum atomic E-state index is 4.77. The minimum Gasteiger partial charge on any atom is -0.378 e. The van der Waals surface area contributed by atoms with Gasteiger partial charge in [0.05, 0.1) is 11.3 Å². The van der Waals surface area contributed by atoms with Gasteiger partial charge in [-0.25, -0.2) is 0 Å². The molecule has 21 heavy (non-hydrogen) atoms. The predicted molar refractivity (Wildman–Crippen MR) is 85.3 cm³/mol.